The minimum atomic E-state index is 0.467. The first kappa shape index (κ1) is 15.3. The first-order chi connectivity index (χ1) is 9.06. The van der Waals surface area contributed by atoms with Crippen molar-refractivity contribution in [3.63, 3.8) is 0 Å². The van der Waals surface area contributed by atoms with Crippen molar-refractivity contribution in [3.05, 3.63) is 0 Å². The zero-order valence-electron chi connectivity index (χ0n) is 13.5. The number of hydrogen-bond donors (Lipinski definition) is 1. The molecule has 0 aliphatic heterocycles. The molecular weight excluding hydrogens is 232 g/mol. The molecule has 2 aliphatic carbocycles. The summed E-state index contributed by atoms with van der Waals surface area (Å²) >= 11 is 0. The van der Waals surface area contributed by atoms with Crippen LogP contribution in [0.2, 0.25) is 0 Å². The van der Waals surface area contributed by atoms with Crippen LogP contribution >= 0.6 is 0 Å². The van der Waals surface area contributed by atoms with Gasteiger partial charge in [-0.05, 0) is 62.9 Å². The topological polar surface area (TPSA) is 15.3 Å². The van der Waals surface area contributed by atoms with Gasteiger partial charge in [0.1, 0.15) is 0 Å². The summed E-state index contributed by atoms with van der Waals surface area (Å²) in [5.74, 6) is 1.87. The van der Waals surface area contributed by atoms with Gasteiger partial charge in [-0.3, -0.25) is 0 Å². The van der Waals surface area contributed by atoms with E-state index in [1.54, 1.807) is 0 Å². The van der Waals surface area contributed by atoms with E-state index >= 15 is 0 Å². The van der Waals surface area contributed by atoms with Crippen LogP contribution in [0.1, 0.15) is 59.3 Å². The molecule has 2 atom stereocenters. The number of hydrogen-bond acceptors (Lipinski definition) is 2. The Morgan fingerprint density at radius 2 is 1.89 bits per heavy atom. The predicted molar refractivity (Wildman–Crippen MR) is 83.4 cm³/mol. The zero-order chi connectivity index (χ0) is 13.9. The summed E-state index contributed by atoms with van der Waals surface area (Å²) in [6.45, 7) is 11.2. The molecule has 19 heavy (non-hydrogen) atoms. The minimum absolute atomic E-state index is 0.467. The summed E-state index contributed by atoms with van der Waals surface area (Å²) in [5, 5.41) is 3.63. The van der Waals surface area contributed by atoms with Crippen molar-refractivity contribution in [1.29, 1.82) is 0 Å². The van der Waals surface area contributed by atoms with Crippen molar-refractivity contribution in [2.24, 2.45) is 17.3 Å². The van der Waals surface area contributed by atoms with Crippen LogP contribution < -0.4 is 5.32 Å². The molecule has 2 heteroatoms. The molecule has 2 unspecified atom stereocenters. The van der Waals surface area contributed by atoms with Crippen molar-refractivity contribution >= 4 is 0 Å². The van der Waals surface area contributed by atoms with Gasteiger partial charge in [-0.1, -0.05) is 27.2 Å². The second-order valence-corrected chi connectivity index (χ2v) is 7.61. The van der Waals surface area contributed by atoms with Crippen LogP contribution in [0.15, 0.2) is 0 Å². The lowest BCUT2D eigenvalue weighted by atomic mass is 9.68. The normalized spacial score (nSPS) is 30.8. The van der Waals surface area contributed by atoms with Gasteiger partial charge in [-0.25, -0.2) is 0 Å². The number of rotatable bonds is 7. The average molecular weight is 266 g/mol. The Morgan fingerprint density at radius 3 is 2.47 bits per heavy atom. The van der Waals surface area contributed by atoms with E-state index in [9.17, 15) is 0 Å². The largest absolute Gasteiger partial charge is 0.316 e. The van der Waals surface area contributed by atoms with Crippen molar-refractivity contribution < 1.29 is 0 Å². The minimum Gasteiger partial charge on any atom is -0.316 e. The number of nitrogens with one attached hydrogen (secondary N) is 1. The van der Waals surface area contributed by atoms with E-state index in [1.165, 1.54) is 58.2 Å². The second-order valence-electron chi connectivity index (χ2n) is 7.61. The molecule has 0 bridgehead atoms. The van der Waals surface area contributed by atoms with Crippen molar-refractivity contribution in [1.82, 2.24) is 10.2 Å². The highest BCUT2D eigenvalue weighted by molar-refractivity contribution is 4.94. The lowest BCUT2D eigenvalue weighted by Crippen LogP contribution is -2.52. The zero-order valence-corrected chi connectivity index (χ0v) is 13.5. The predicted octanol–water partition coefficient (Wildman–Crippen LogP) is 3.52. The van der Waals surface area contributed by atoms with Gasteiger partial charge in [0.05, 0.1) is 0 Å². The molecule has 0 aromatic rings. The van der Waals surface area contributed by atoms with E-state index in [0.717, 1.165) is 11.8 Å². The van der Waals surface area contributed by atoms with E-state index in [2.05, 4.69) is 38.0 Å². The van der Waals surface area contributed by atoms with Crippen LogP contribution in [0.25, 0.3) is 0 Å². The molecule has 0 spiro atoms. The van der Waals surface area contributed by atoms with Crippen LogP contribution in [0.4, 0.5) is 0 Å². The van der Waals surface area contributed by atoms with E-state index < -0.39 is 0 Å². The standard InChI is InChI=1S/C17H34N2/c1-5-11-19(12-14-8-9-14)13-15-7-6-10-17(2,3)16(15)18-4/h14-16,18H,5-13H2,1-4H3. The fraction of sp³-hybridized carbons (Fsp3) is 1.00. The molecule has 2 nitrogen and oxygen atoms in total. The molecule has 1 N–H and O–H groups in total. The lowest BCUT2D eigenvalue weighted by Gasteiger charge is -2.45. The highest BCUT2D eigenvalue weighted by Gasteiger charge is 2.38. The van der Waals surface area contributed by atoms with E-state index in [0.29, 0.717) is 11.5 Å². The summed E-state index contributed by atoms with van der Waals surface area (Å²) in [5.41, 5.74) is 0.467. The van der Waals surface area contributed by atoms with Gasteiger partial charge < -0.3 is 10.2 Å². The Labute approximate surface area is 120 Å². The summed E-state index contributed by atoms with van der Waals surface area (Å²) < 4.78 is 0. The Hall–Kier alpha value is -0.0800. The fourth-order valence-electron chi connectivity index (χ4n) is 4.17. The molecule has 0 aromatic carbocycles. The smallest absolute Gasteiger partial charge is 0.0156 e. The van der Waals surface area contributed by atoms with Gasteiger partial charge in [0.25, 0.3) is 0 Å². The van der Waals surface area contributed by atoms with Gasteiger partial charge in [0.15, 0.2) is 0 Å². The first-order valence-corrected chi connectivity index (χ1v) is 8.46. The van der Waals surface area contributed by atoms with Crippen LogP contribution in [0, 0.1) is 17.3 Å². The highest BCUT2D eigenvalue weighted by Crippen LogP contribution is 2.39. The summed E-state index contributed by atoms with van der Waals surface area (Å²) in [7, 11) is 2.16. The third-order valence-electron chi connectivity index (χ3n) is 5.27. The molecule has 0 aromatic heterocycles. The molecule has 0 saturated heterocycles. The SMILES string of the molecule is CCCN(CC1CC1)CC1CCCC(C)(C)C1NC. The maximum absolute atomic E-state index is 3.63. The molecule has 0 heterocycles. The second kappa shape index (κ2) is 6.58. The molecule has 2 rings (SSSR count). The highest BCUT2D eigenvalue weighted by atomic mass is 15.1. The summed E-state index contributed by atoms with van der Waals surface area (Å²) in [6, 6.07) is 0.694. The van der Waals surface area contributed by atoms with Gasteiger partial charge in [0, 0.05) is 19.1 Å². The van der Waals surface area contributed by atoms with Crippen molar-refractivity contribution in [2.75, 3.05) is 26.7 Å². The molecule has 0 amide bonds. The monoisotopic (exact) mass is 266 g/mol. The number of nitrogens with zero attached hydrogens (tertiary/aromatic N) is 1. The lowest BCUT2D eigenvalue weighted by molar-refractivity contribution is 0.0819. The Morgan fingerprint density at radius 1 is 1.16 bits per heavy atom. The van der Waals surface area contributed by atoms with Crippen LogP contribution in [0.5, 0.6) is 0 Å². The Kier molecular flexibility index (Phi) is 5.30. The third-order valence-corrected chi connectivity index (χ3v) is 5.27. The van der Waals surface area contributed by atoms with E-state index in [4.69, 9.17) is 0 Å². The first-order valence-electron chi connectivity index (χ1n) is 8.46. The van der Waals surface area contributed by atoms with E-state index in [-0.39, 0.29) is 0 Å². The van der Waals surface area contributed by atoms with E-state index in [1.807, 2.05) is 0 Å². The van der Waals surface area contributed by atoms with Crippen LogP contribution in [-0.2, 0) is 0 Å². The van der Waals surface area contributed by atoms with Crippen molar-refractivity contribution in [3.8, 4) is 0 Å². The fourth-order valence-corrected chi connectivity index (χ4v) is 4.17. The quantitative estimate of drug-likeness (QED) is 0.758. The van der Waals surface area contributed by atoms with Gasteiger partial charge in [-0.15, -0.1) is 0 Å². The maximum Gasteiger partial charge on any atom is 0.0156 e. The molecule has 0 radical (unpaired) electrons. The maximum atomic E-state index is 3.63. The molecule has 112 valence electrons. The van der Waals surface area contributed by atoms with Crippen LogP contribution in [-0.4, -0.2) is 37.6 Å². The molecule has 2 saturated carbocycles. The van der Waals surface area contributed by atoms with Crippen molar-refractivity contribution in [2.45, 2.75) is 65.3 Å². The summed E-state index contributed by atoms with van der Waals surface area (Å²) in [4.78, 5) is 2.76. The molecule has 2 aliphatic rings. The summed E-state index contributed by atoms with van der Waals surface area (Å²) in [6.07, 6.45) is 8.47. The van der Waals surface area contributed by atoms with Gasteiger partial charge in [-0.2, -0.15) is 0 Å². The molecule has 2 fully saturated rings. The average Bonchev–Trinajstić information content (AvgIpc) is 3.12. The van der Waals surface area contributed by atoms with Crippen LogP contribution in [0.3, 0.4) is 0 Å². The Balaban J connectivity index is 1.93. The Bertz CT molecular complexity index is 270. The van der Waals surface area contributed by atoms with Gasteiger partial charge in [0.2, 0.25) is 0 Å². The molecular formula is C17H34N2. The van der Waals surface area contributed by atoms with Gasteiger partial charge >= 0.3 is 0 Å². The third kappa shape index (κ3) is 4.19.